The molecule has 0 bridgehead atoms. The highest BCUT2D eigenvalue weighted by Gasteiger charge is 2.07. The van der Waals surface area contributed by atoms with E-state index >= 15 is 0 Å². The van der Waals surface area contributed by atoms with Crippen molar-refractivity contribution < 1.29 is 24.9 Å². The van der Waals surface area contributed by atoms with Crippen LogP contribution in [-0.4, -0.2) is 46.7 Å². The van der Waals surface area contributed by atoms with E-state index in [1.54, 1.807) is 6.08 Å². The first-order valence-electron chi connectivity index (χ1n) is 11.0. The molecule has 170 valence electrons. The Balaban J connectivity index is 3.65. The number of esters is 1. The summed E-state index contributed by atoms with van der Waals surface area (Å²) >= 11 is 0. The largest absolute Gasteiger partial charge is 0.463 e. The first-order valence-corrected chi connectivity index (χ1v) is 11.0. The quantitative estimate of drug-likeness (QED) is 0.131. The van der Waals surface area contributed by atoms with Crippen LogP contribution < -0.4 is 0 Å². The summed E-state index contributed by atoms with van der Waals surface area (Å²) in [5.41, 5.74) is 0. The summed E-state index contributed by atoms with van der Waals surface area (Å²) in [5.74, 6) is -0.343. The molecule has 5 nitrogen and oxygen atoms in total. The Morgan fingerprint density at radius 3 is 2.30 bits per heavy atom. The van der Waals surface area contributed by atoms with Crippen molar-refractivity contribution in [3.63, 3.8) is 0 Å². The molecule has 0 aromatic rings. The van der Waals surface area contributed by atoms with Gasteiger partial charge in [-0.15, -0.1) is 0 Å². The normalized spacial score (nSPS) is 14.7. The molecule has 30 heavy (non-hydrogen) atoms. The minimum absolute atomic E-state index is 0.153. The van der Waals surface area contributed by atoms with Crippen molar-refractivity contribution in [1.29, 1.82) is 0 Å². The highest BCUT2D eigenvalue weighted by Crippen LogP contribution is 2.05. The minimum Gasteiger partial charge on any atom is -0.463 e. The Kier molecular flexibility index (Phi) is 20.3. The van der Waals surface area contributed by atoms with Gasteiger partial charge in [0.05, 0.1) is 12.7 Å². The van der Waals surface area contributed by atoms with E-state index < -0.39 is 18.8 Å². The fraction of sp³-hybridized carbons (Fsp3) is 0.560. The molecule has 0 aliphatic heterocycles. The molecule has 3 N–H and O–H groups in total. The van der Waals surface area contributed by atoms with E-state index in [-0.39, 0.29) is 12.6 Å². The Bertz CT molecular complexity index is 546. The lowest BCUT2D eigenvalue weighted by Gasteiger charge is -2.08. The number of carbonyl (C=O) groups excluding carboxylic acids is 1. The Morgan fingerprint density at radius 1 is 0.900 bits per heavy atom. The van der Waals surface area contributed by atoms with E-state index in [0.717, 1.165) is 44.9 Å². The van der Waals surface area contributed by atoms with Gasteiger partial charge in [-0.25, -0.2) is 0 Å². The van der Waals surface area contributed by atoms with Crippen LogP contribution >= 0.6 is 0 Å². The lowest BCUT2D eigenvalue weighted by Crippen LogP contribution is -2.21. The molecule has 2 atom stereocenters. The van der Waals surface area contributed by atoms with Gasteiger partial charge in [-0.3, -0.25) is 4.79 Å². The number of aliphatic hydroxyl groups is 3. The summed E-state index contributed by atoms with van der Waals surface area (Å²) in [7, 11) is 0. The lowest BCUT2D eigenvalue weighted by atomic mass is 10.1. The maximum atomic E-state index is 11.4. The van der Waals surface area contributed by atoms with Gasteiger partial charge in [0.25, 0.3) is 0 Å². The van der Waals surface area contributed by atoms with Crippen LogP contribution in [0.25, 0.3) is 0 Å². The van der Waals surface area contributed by atoms with Crippen molar-refractivity contribution in [3.8, 4) is 0 Å². The molecule has 2 unspecified atom stereocenters. The second-order valence-corrected chi connectivity index (χ2v) is 7.03. The molecule has 0 heterocycles. The maximum Gasteiger partial charge on any atom is 0.305 e. The Hall–Kier alpha value is -1.95. The van der Waals surface area contributed by atoms with Crippen LogP contribution in [0.4, 0.5) is 0 Å². The average molecular weight is 421 g/mol. The predicted molar refractivity (Wildman–Crippen MR) is 123 cm³/mol. The monoisotopic (exact) mass is 420 g/mol. The average Bonchev–Trinajstić information content (AvgIpc) is 2.75. The van der Waals surface area contributed by atoms with Crippen LogP contribution in [0, 0.1) is 0 Å². The van der Waals surface area contributed by atoms with Gasteiger partial charge in [0.1, 0.15) is 12.7 Å². The Labute approximate surface area is 182 Å². The highest BCUT2D eigenvalue weighted by molar-refractivity contribution is 5.69. The molecule has 0 rings (SSSR count). The van der Waals surface area contributed by atoms with Crippen molar-refractivity contribution in [2.24, 2.45) is 0 Å². The van der Waals surface area contributed by atoms with Crippen molar-refractivity contribution in [3.05, 3.63) is 60.8 Å². The zero-order valence-corrected chi connectivity index (χ0v) is 18.4. The standard InChI is InChI=1S/C25H40O5/c1-2-3-4-5-6-7-9-12-15-18-23(27)19-16-13-10-8-11-14-17-20-25(29)30-22-24(28)21-26/h3-4,6-7,10,12-13,15-16,19,23-24,26-28H,2,5,8-9,11,14,17-18,20-22H2,1H3/b4-3-,7-6-,13-10-,15-12-,19-16+. The van der Waals surface area contributed by atoms with Gasteiger partial charge < -0.3 is 20.1 Å². The highest BCUT2D eigenvalue weighted by atomic mass is 16.5. The lowest BCUT2D eigenvalue weighted by molar-refractivity contribution is -0.147. The van der Waals surface area contributed by atoms with E-state index in [1.807, 2.05) is 24.3 Å². The van der Waals surface area contributed by atoms with Crippen molar-refractivity contribution in [1.82, 2.24) is 0 Å². The zero-order chi connectivity index (χ0) is 22.3. The molecule has 0 aliphatic rings. The number of aliphatic hydroxyl groups excluding tert-OH is 3. The summed E-state index contributed by atoms with van der Waals surface area (Å²) < 4.78 is 4.84. The molecule has 0 radical (unpaired) electrons. The summed E-state index contributed by atoms with van der Waals surface area (Å²) in [6.45, 7) is 1.57. The van der Waals surface area contributed by atoms with Gasteiger partial charge >= 0.3 is 5.97 Å². The number of hydrogen-bond acceptors (Lipinski definition) is 5. The molecular formula is C25H40O5. The van der Waals surface area contributed by atoms with E-state index in [9.17, 15) is 9.90 Å². The third kappa shape index (κ3) is 20.8. The van der Waals surface area contributed by atoms with Crippen LogP contribution in [-0.2, 0) is 9.53 Å². The van der Waals surface area contributed by atoms with Crippen LogP contribution in [0.1, 0.15) is 64.7 Å². The van der Waals surface area contributed by atoms with Crippen LogP contribution in [0.15, 0.2) is 60.8 Å². The third-order valence-corrected chi connectivity index (χ3v) is 4.14. The SMILES string of the molecule is CC/C=C\C/C=C\C/C=C\CC(O)/C=C/C=C\CCCCCC(=O)OCC(O)CO. The maximum absolute atomic E-state index is 11.4. The Morgan fingerprint density at radius 2 is 1.60 bits per heavy atom. The van der Waals surface area contributed by atoms with E-state index in [1.165, 1.54) is 0 Å². The fourth-order valence-electron chi connectivity index (χ4n) is 2.41. The number of carbonyl (C=O) groups is 1. The number of hydrogen-bond donors (Lipinski definition) is 3. The molecule has 0 fully saturated rings. The van der Waals surface area contributed by atoms with Gasteiger partial charge in [0.2, 0.25) is 0 Å². The fourth-order valence-corrected chi connectivity index (χ4v) is 2.41. The van der Waals surface area contributed by atoms with E-state index in [2.05, 4.69) is 37.3 Å². The van der Waals surface area contributed by atoms with Crippen molar-refractivity contribution >= 4 is 5.97 Å². The number of rotatable bonds is 18. The zero-order valence-electron chi connectivity index (χ0n) is 18.4. The first kappa shape index (κ1) is 28.1. The second-order valence-electron chi connectivity index (χ2n) is 7.03. The summed E-state index contributed by atoms with van der Waals surface area (Å²) in [5, 5.41) is 27.6. The van der Waals surface area contributed by atoms with E-state index in [4.69, 9.17) is 14.9 Å². The predicted octanol–water partition coefficient (Wildman–Crippen LogP) is 4.56. The molecular weight excluding hydrogens is 380 g/mol. The number of ether oxygens (including phenoxy) is 1. The van der Waals surface area contributed by atoms with Crippen molar-refractivity contribution in [2.45, 2.75) is 76.9 Å². The molecule has 0 saturated carbocycles. The van der Waals surface area contributed by atoms with E-state index in [0.29, 0.717) is 12.8 Å². The van der Waals surface area contributed by atoms with Gasteiger partial charge in [-0.1, -0.05) is 74.1 Å². The molecule has 0 aliphatic carbocycles. The number of unbranched alkanes of at least 4 members (excludes halogenated alkanes) is 3. The van der Waals surface area contributed by atoms with Gasteiger partial charge in [-0.2, -0.15) is 0 Å². The molecule has 0 spiro atoms. The second kappa shape index (κ2) is 21.8. The first-order chi connectivity index (χ1) is 14.6. The summed E-state index contributed by atoms with van der Waals surface area (Å²) in [6.07, 6.45) is 26.2. The van der Waals surface area contributed by atoms with Crippen molar-refractivity contribution in [2.75, 3.05) is 13.2 Å². The molecule has 5 heteroatoms. The number of allylic oxidation sites excluding steroid dienone is 8. The minimum atomic E-state index is -0.998. The van der Waals surface area contributed by atoms with Gasteiger partial charge in [-0.05, 0) is 44.9 Å². The molecule has 0 saturated heterocycles. The van der Waals surface area contributed by atoms with Crippen LogP contribution in [0.2, 0.25) is 0 Å². The van der Waals surface area contributed by atoms with Gasteiger partial charge in [0.15, 0.2) is 0 Å². The molecule has 0 amide bonds. The topological polar surface area (TPSA) is 87.0 Å². The molecule has 0 aromatic heterocycles. The third-order valence-electron chi connectivity index (χ3n) is 4.14. The molecule has 0 aromatic carbocycles. The van der Waals surface area contributed by atoms with Gasteiger partial charge in [0, 0.05) is 6.42 Å². The summed E-state index contributed by atoms with van der Waals surface area (Å²) in [4.78, 5) is 11.4. The van der Waals surface area contributed by atoms with Crippen LogP contribution in [0.5, 0.6) is 0 Å². The summed E-state index contributed by atoms with van der Waals surface area (Å²) in [6, 6.07) is 0. The van der Waals surface area contributed by atoms with Crippen LogP contribution in [0.3, 0.4) is 0 Å². The smallest absolute Gasteiger partial charge is 0.305 e.